The molecule has 0 saturated carbocycles. The molecule has 0 spiro atoms. The standard InChI is InChI=1S/C21H18Cl2N2O5/c1-3-8-30-18-12(9-13(22)11-17(18)23)10-16-19(26)24-21(28)25(20(16)27)14-4-6-15(29-2)7-5-14/h4-7,9-11H,3,8H2,1-2H3,(H,24,26,28)/b16-10+. The fourth-order valence-electron chi connectivity index (χ4n) is 2.82. The van der Waals surface area contributed by atoms with Gasteiger partial charge < -0.3 is 9.47 Å². The van der Waals surface area contributed by atoms with Crippen molar-refractivity contribution in [2.45, 2.75) is 13.3 Å². The van der Waals surface area contributed by atoms with Crippen molar-refractivity contribution in [3.8, 4) is 11.5 Å². The Morgan fingerprint density at radius 2 is 1.80 bits per heavy atom. The van der Waals surface area contributed by atoms with Gasteiger partial charge in [0.2, 0.25) is 0 Å². The topological polar surface area (TPSA) is 84.9 Å². The summed E-state index contributed by atoms with van der Waals surface area (Å²) in [7, 11) is 1.50. The summed E-state index contributed by atoms with van der Waals surface area (Å²) in [6.45, 7) is 2.31. The largest absolute Gasteiger partial charge is 0.497 e. The van der Waals surface area contributed by atoms with Crippen LogP contribution in [0.2, 0.25) is 10.0 Å². The Morgan fingerprint density at radius 1 is 1.10 bits per heavy atom. The number of methoxy groups -OCH3 is 1. The van der Waals surface area contributed by atoms with Crippen LogP contribution in [0.4, 0.5) is 10.5 Å². The Balaban J connectivity index is 2.04. The van der Waals surface area contributed by atoms with Gasteiger partial charge in [0.25, 0.3) is 11.8 Å². The summed E-state index contributed by atoms with van der Waals surface area (Å²) in [6.07, 6.45) is 2.04. The van der Waals surface area contributed by atoms with Crippen LogP contribution in [-0.4, -0.2) is 31.6 Å². The predicted molar refractivity (Wildman–Crippen MR) is 114 cm³/mol. The van der Waals surface area contributed by atoms with Crippen LogP contribution in [-0.2, 0) is 9.59 Å². The maximum atomic E-state index is 13.0. The number of nitrogens with zero attached hydrogens (tertiary/aromatic N) is 1. The van der Waals surface area contributed by atoms with Crippen molar-refractivity contribution in [2.24, 2.45) is 0 Å². The van der Waals surface area contributed by atoms with Gasteiger partial charge >= 0.3 is 6.03 Å². The minimum Gasteiger partial charge on any atom is -0.497 e. The highest BCUT2D eigenvalue weighted by Crippen LogP contribution is 2.35. The number of rotatable bonds is 6. The lowest BCUT2D eigenvalue weighted by Crippen LogP contribution is -2.54. The number of ether oxygens (including phenoxy) is 2. The zero-order chi connectivity index (χ0) is 21.8. The summed E-state index contributed by atoms with van der Waals surface area (Å²) in [4.78, 5) is 38.7. The Morgan fingerprint density at radius 3 is 2.43 bits per heavy atom. The van der Waals surface area contributed by atoms with Crippen molar-refractivity contribution in [1.82, 2.24) is 5.32 Å². The number of benzene rings is 2. The number of carbonyl (C=O) groups is 3. The molecule has 0 aromatic heterocycles. The third-order valence-corrected chi connectivity index (χ3v) is 4.72. The average molecular weight is 449 g/mol. The van der Waals surface area contributed by atoms with Crippen LogP contribution in [0.1, 0.15) is 18.9 Å². The number of urea groups is 1. The molecule has 1 heterocycles. The molecule has 156 valence electrons. The number of anilines is 1. The van der Waals surface area contributed by atoms with E-state index in [0.29, 0.717) is 28.7 Å². The van der Waals surface area contributed by atoms with E-state index in [1.165, 1.54) is 37.5 Å². The number of hydrogen-bond donors (Lipinski definition) is 1. The second kappa shape index (κ2) is 9.19. The van der Waals surface area contributed by atoms with Crippen LogP contribution >= 0.6 is 23.2 Å². The normalized spacial score (nSPS) is 15.4. The van der Waals surface area contributed by atoms with Crippen molar-refractivity contribution >= 4 is 52.8 Å². The van der Waals surface area contributed by atoms with Crippen LogP contribution in [0.5, 0.6) is 11.5 Å². The first kappa shape index (κ1) is 21.7. The fraction of sp³-hybridized carbons (Fsp3) is 0.190. The lowest BCUT2D eigenvalue weighted by molar-refractivity contribution is -0.122. The summed E-state index contributed by atoms with van der Waals surface area (Å²) >= 11 is 12.3. The third kappa shape index (κ3) is 4.42. The summed E-state index contributed by atoms with van der Waals surface area (Å²) in [5, 5.41) is 2.72. The second-order valence-corrected chi connectivity index (χ2v) is 7.15. The number of imide groups is 2. The summed E-state index contributed by atoms with van der Waals surface area (Å²) in [5.41, 5.74) is 0.372. The van der Waals surface area contributed by atoms with E-state index in [4.69, 9.17) is 32.7 Å². The Hall–Kier alpha value is -3.03. The summed E-state index contributed by atoms with van der Waals surface area (Å²) < 4.78 is 10.8. The van der Waals surface area contributed by atoms with Gasteiger partial charge in [0.1, 0.15) is 17.1 Å². The van der Waals surface area contributed by atoms with Gasteiger partial charge in [0.05, 0.1) is 24.4 Å². The molecule has 30 heavy (non-hydrogen) atoms. The molecule has 0 unspecified atom stereocenters. The van der Waals surface area contributed by atoms with Crippen molar-refractivity contribution in [3.05, 3.63) is 57.6 Å². The molecule has 0 atom stereocenters. The summed E-state index contributed by atoms with van der Waals surface area (Å²) in [6, 6.07) is 8.46. The minimum absolute atomic E-state index is 0.245. The number of hydrogen-bond acceptors (Lipinski definition) is 5. The van der Waals surface area contributed by atoms with Gasteiger partial charge in [0.15, 0.2) is 0 Å². The molecule has 4 amide bonds. The van der Waals surface area contributed by atoms with E-state index in [1.807, 2.05) is 6.92 Å². The highest BCUT2D eigenvalue weighted by molar-refractivity contribution is 6.40. The highest BCUT2D eigenvalue weighted by atomic mass is 35.5. The molecular formula is C21H18Cl2N2O5. The number of carbonyl (C=O) groups excluding carboxylic acids is 3. The van der Waals surface area contributed by atoms with Gasteiger partial charge in [-0.15, -0.1) is 0 Å². The SMILES string of the molecule is CCCOc1c(Cl)cc(Cl)cc1/C=C1\C(=O)NC(=O)N(c2ccc(OC)cc2)C1=O. The van der Waals surface area contributed by atoms with Crippen molar-refractivity contribution in [1.29, 1.82) is 0 Å². The van der Waals surface area contributed by atoms with Crippen LogP contribution in [0, 0.1) is 0 Å². The molecule has 9 heteroatoms. The van der Waals surface area contributed by atoms with E-state index < -0.39 is 17.8 Å². The molecule has 7 nitrogen and oxygen atoms in total. The number of amides is 4. The lowest BCUT2D eigenvalue weighted by atomic mass is 10.1. The third-order valence-electron chi connectivity index (χ3n) is 4.22. The monoisotopic (exact) mass is 448 g/mol. The Bertz CT molecular complexity index is 1030. The molecule has 1 saturated heterocycles. The fourth-order valence-corrected chi connectivity index (χ4v) is 3.39. The van der Waals surface area contributed by atoms with E-state index in [-0.39, 0.29) is 16.3 Å². The van der Waals surface area contributed by atoms with Gasteiger partial charge in [-0.25, -0.2) is 9.69 Å². The summed E-state index contributed by atoms with van der Waals surface area (Å²) in [5.74, 6) is -0.760. The molecule has 1 N–H and O–H groups in total. The molecule has 0 aliphatic carbocycles. The van der Waals surface area contributed by atoms with Crippen LogP contribution in [0.25, 0.3) is 6.08 Å². The maximum absolute atomic E-state index is 13.0. The van der Waals surface area contributed by atoms with E-state index >= 15 is 0 Å². The molecule has 0 radical (unpaired) electrons. The van der Waals surface area contributed by atoms with E-state index in [0.717, 1.165) is 11.3 Å². The van der Waals surface area contributed by atoms with Gasteiger partial charge in [0, 0.05) is 10.6 Å². The van der Waals surface area contributed by atoms with Crippen LogP contribution < -0.4 is 19.7 Å². The molecule has 3 rings (SSSR count). The number of halogens is 2. The first-order valence-electron chi connectivity index (χ1n) is 9.03. The van der Waals surface area contributed by atoms with Crippen molar-refractivity contribution in [2.75, 3.05) is 18.6 Å². The second-order valence-electron chi connectivity index (χ2n) is 6.31. The molecular weight excluding hydrogens is 431 g/mol. The van der Waals surface area contributed by atoms with Gasteiger partial charge in [-0.2, -0.15) is 0 Å². The Kier molecular flexibility index (Phi) is 6.64. The Labute approximate surface area is 183 Å². The van der Waals surface area contributed by atoms with E-state index in [1.54, 1.807) is 12.1 Å². The highest BCUT2D eigenvalue weighted by Gasteiger charge is 2.37. The zero-order valence-electron chi connectivity index (χ0n) is 16.2. The molecule has 0 bridgehead atoms. The minimum atomic E-state index is -0.848. The van der Waals surface area contributed by atoms with Crippen LogP contribution in [0.3, 0.4) is 0 Å². The maximum Gasteiger partial charge on any atom is 0.335 e. The van der Waals surface area contributed by atoms with Gasteiger partial charge in [-0.1, -0.05) is 30.1 Å². The molecule has 1 fully saturated rings. The number of nitrogens with one attached hydrogen (secondary N) is 1. The van der Waals surface area contributed by atoms with Crippen molar-refractivity contribution in [3.63, 3.8) is 0 Å². The quantitative estimate of drug-likeness (QED) is 0.520. The van der Waals surface area contributed by atoms with Crippen LogP contribution in [0.15, 0.2) is 42.0 Å². The lowest BCUT2D eigenvalue weighted by Gasteiger charge is -2.26. The van der Waals surface area contributed by atoms with E-state index in [2.05, 4.69) is 5.32 Å². The molecule has 2 aromatic carbocycles. The predicted octanol–water partition coefficient (Wildman–Crippen LogP) is 4.46. The molecule has 1 aliphatic rings. The molecule has 1 aliphatic heterocycles. The van der Waals surface area contributed by atoms with E-state index in [9.17, 15) is 14.4 Å². The zero-order valence-corrected chi connectivity index (χ0v) is 17.7. The average Bonchev–Trinajstić information content (AvgIpc) is 2.70. The molecule has 2 aromatic rings. The van der Waals surface area contributed by atoms with Gasteiger partial charge in [-0.05, 0) is 48.9 Å². The number of barbiturate groups is 1. The van der Waals surface area contributed by atoms with Gasteiger partial charge in [-0.3, -0.25) is 14.9 Å². The first-order chi connectivity index (χ1) is 14.3. The first-order valence-corrected chi connectivity index (χ1v) is 9.78. The smallest absolute Gasteiger partial charge is 0.335 e. The van der Waals surface area contributed by atoms with Crippen molar-refractivity contribution < 1.29 is 23.9 Å².